The predicted octanol–water partition coefficient (Wildman–Crippen LogP) is 9.93. The lowest BCUT2D eigenvalue weighted by Gasteiger charge is -2.42. The van der Waals surface area contributed by atoms with Gasteiger partial charge in [0, 0.05) is 29.6 Å². The van der Waals surface area contributed by atoms with Crippen LogP contribution >= 0.6 is 0 Å². The maximum atomic E-state index is 12.8. The van der Waals surface area contributed by atoms with Gasteiger partial charge in [-0.1, -0.05) is 133 Å². The Morgan fingerprint density at radius 1 is 0.551 bits per heavy atom. The van der Waals surface area contributed by atoms with Crippen LogP contribution in [0.5, 0.6) is 11.5 Å². The van der Waals surface area contributed by atoms with Gasteiger partial charge in [0.05, 0.1) is 13.2 Å². The van der Waals surface area contributed by atoms with Gasteiger partial charge in [0.15, 0.2) is 0 Å². The summed E-state index contributed by atoms with van der Waals surface area (Å²) in [6, 6.07) is 36.9. The molecular formula is C57H62N2O10. The standard InChI is InChI=1S/C23H16O6.2C17H23NO2/c24-20-16(14-7-3-1-5-12(14)9-18(20)22(26)27)11-17-15-8-4-2-6-13(15)10-19(21(17)25)23(28)29;2*1-4-20-16(19)17(14-10-6-5-7-11-14)13-9-8-12-15(17)18(2)3/h1-10,24-25H,11H2,(H,26,27)(H,28,29);2*5-8,10-12,15H,4,9,13H2,1-3H3/t;2*15-,17+/m.11/s1. The summed E-state index contributed by atoms with van der Waals surface area (Å²) in [6.45, 7) is 4.55. The molecule has 6 aromatic rings. The van der Waals surface area contributed by atoms with E-state index in [4.69, 9.17) is 9.47 Å². The smallest absolute Gasteiger partial charge is 0.339 e. The Balaban J connectivity index is 0.000000175. The van der Waals surface area contributed by atoms with E-state index in [9.17, 15) is 39.6 Å². The average molecular weight is 935 g/mol. The van der Waals surface area contributed by atoms with Gasteiger partial charge in [0.1, 0.15) is 33.5 Å². The van der Waals surface area contributed by atoms with Crippen LogP contribution in [-0.4, -0.2) is 108 Å². The highest BCUT2D eigenvalue weighted by Gasteiger charge is 2.50. The summed E-state index contributed by atoms with van der Waals surface area (Å²) in [7, 11) is 8.04. The van der Waals surface area contributed by atoms with Crippen LogP contribution in [0.1, 0.15) is 82.5 Å². The van der Waals surface area contributed by atoms with Crippen LogP contribution in [0.4, 0.5) is 0 Å². The molecule has 0 heterocycles. The molecule has 69 heavy (non-hydrogen) atoms. The van der Waals surface area contributed by atoms with E-state index in [2.05, 4.69) is 34.1 Å². The van der Waals surface area contributed by atoms with Gasteiger partial charge in [-0.3, -0.25) is 9.59 Å². The van der Waals surface area contributed by atoms with Crippen molar-refractivity contribution in [1.82, 2.24) is 9.80 Å². The Morgan fingerprint density at radius 3 is 1.23 bits per heavy atom. The number of carboxylic acid groups (broad SMARTS) is 2. The summed E-state index contributed by atoms with van der Waals surface area (Å²) in [5.41, 5.74) is 0.995. The second-order valence-electron chi connectivity index (χ2n) is 17.6. The van der Waals surface area contributed by atoms with Crippen LogP contribution in [0, 0.1) is 0 Å². The van der Waals surface area contributed by atoms with Gasteiger partial charge in [-0.25, -0.2) is 9.59 Å². The van der Waals surface area contributed by atoms with Gasteiger partial charge in [-0.2, -0.15) is 0 Å². The molecule has 0 aromatic heterocycles. The van der Waals surface area contributed by atoms with E-state index in [0.717, 1.165) is 36.8 Å². The molecule has 0 aliphatic heterocycles. The van der Waals surface area contributed by atoms with Crippen LogP contribution < -0.4 is 0 Å². The molecule has 8 rings (SSSR count). The second kappa shape index (κ2) is 22.7. The maximum Gasteiger partial charge on any atom is 0.339 e. The third-order valence-corrected chi connectivity index (χ3v) is 13.1. The SMILES string of the molecule is CCOC(=O)[C@]1(c2ccccc2)CCC=C[C@H]1N(C)C.CCOC(=O)[C@]1(c2ccccc2)CCC=C[C@H]1N(C)C.O=C(O)c1cc2ccccc2c(Cc2c(O)c(C(=O)O)cc3ccccc23)c1O. The van der Waals surface area contributed by atoms with Crippen LogP contribution in [0.25, 0.3) is 21.5 Å². The number of hydrogen-bond donors (Lipinski definition) is 4. The number of fused-ring (bicyclic) bond motifs is 2. The number of allylic oxidation sites excluding steroid dienone is 2. The number of esters is 2. The number of aromatic carboxylic acids is 2. The third kappa shape index (κ3) is 10.6. The largest absolute Gasteiger partial charge is 0.507 e. The van der Waals surface area contributed by atoms with E-state index < -0.39 is 34.3 Å². The number of carboxylic acids is 2. The van der Waals surface area contributed by atoms with E-state index in [1.165, 1.54) is 12.1 Å². The number of carbonyl (C=O) groups is 4. The Kier molecular flexibility index (Phi) is 16.8. The third-order valence-electron chi connectivity index (χ3n) is 13.1. The lowest BCUT2D eigenvalue weighted by Crippen LogP contribution is -2.54. The summed E-state index contributed by atoms with van der Waals surface area (Å²) in [6.07, 6.45) is 11.9. The molecule has 6 aromatic carbocycles. The minimum atomic E-state index is -1.28. The number of aromatic hydroxyl groups is 2. The van der Waals surface area contributed by atoms with Gasteiger partial charge in [0.25, 0.3) is 0 Å². The molecule has 0 radical (unpaired) electrons. The van der Waals surface area contributed by atoms with Gasteiger partial charge in [-0.15, -0.1) is 0 Å². The van der Waals surface area contributed by atoms with Crippen molar-refractivity contribution >= 4 is 45.4 Å². The van der Waals surface area contributed by atoms with Gasteiger partial charge < -0.3 is 39.7 Å². The van der Waals surface area contributed by atoms with Crippen LogP contribution in [0.3, 0.4) is 0 Å². The molecule has 360 valence electrons. The first-order chi connectivity index (χ1) is 33.1. The van der Waals surface area contributed by atoms with Gasteiger partial charge in [0.2, 0.25) is 0 Å². The first kappa shape index (κ1) is 51.1. The van der Waals surface area contributed by atoms with E-state index in [-0.39, 0.29) is 41.6 Å². The van der Waals surface area contributed by atoms with E-state index >= 15 is 0 Å². The highest BCUT2D eigenvalue weighted by Crippen LogP contribution is 2.42. The number of benzene rings is 6. The monoisotopic (exact) mass is 934 g/mol. The molecule has 0 fully saturated rings. The molecule has 0 unspecified atom stereocenters. The lowest BCUT2D eigenvalue weighted by atomic mass is 9.68. The molecule has 0 bridgehead atoms. The molecule has 4 N–H and O–H groups in total. The van der Waals surface area contributed by atoms with Crippen LogP contribution in [0.2, 0.25) is 0 Å². The Hall–Kier alpha value is -7.28. The molecule has 0 spiro atoms. The lowest BCUT2D eigenvalue weighted by molar-refractivity contribution is -0.153. The molecular weight excluding hydrogens is 873 g/mol. The minimum Gasteiger partial charge on any atom is -0.507 e. The van der Waals surface area contributed by atoms with E-state index in [0.29, 0.717) is 45.9 Å². The summed E-state index contributed by atoms with van der Waals surface area (Å²) in [4.78, 5) is 52.9. The molecule has 0 saturated heterocycles. The Bertz CT molecular complexity index is 2650. The summed E-state index contributed by atoms with van der Waals surface area (Å²) in [5.74, 6) is -3.59. The van der Waals surface area contributed by atoms with Crippen molar-refractivity contribution in [3.63, 3.8) is 0 Å². The average Bonchev–Trinajstić information content (AvgIpc) is 3.36. The summed E-state index contributed by atoms with van der Waals surface area (Å²) < 4.78 is 10.8. The fourth-order valence-corrected chi connectivity index (χ4v) is 9.91. The van der Waals surface area contributed by atoms with Crippen molar-refractivity contribution in [3.05, 3.63) is 179 Å². The highest BCUT2D eigenvalue weighted by molar-refractivity contribution is 6.02. The molecule has 2 aliphatic carbocycles. The highest BCUT2D eigenvalue weighted by atomic mass is 16.5. The number of nitrogens with zero attached hydrogens (tertiary/aromatic N) is 2. The first-order valence-electron chi connectivity index (χ1n) is 23.2. The quantitative estimate of drug-likeness (QED) is 0.0677. The molecule has 4 atom stereocenters. The molecule has 2 aliphatic rings. The van der Waals surface area contributed by atoms with E-state index in [1.807, 2.05) is 103 Å². The minimum absolute atomic E-state index is 0.0256. The van der Waals surface area contributed by atoms with Crippen molar-refractivity contribution in [3.8, 4) is 11.5 Å². The summed E-state index contributed by atoms with van der Waals surface area (Å²) >= 11 is 0. The number of phenols is 2. The molecule has 12 heteroatoms. The number of carbonyl (C=O) groups excluding carboxylic acids is 2. The zero-order valence-electron chi connectivity index (χ0n) is 40.1. The Morgan fingerprint density at radius 2 is 0.899 bits per heavy atom. The number of ether oxygens (including phenoxy) is 2. The van der Waals surface area contributed by atoms with Crippen LogP contribution in [0.15, 0.2) is 146 Å². The number of likely N-dealkylation sites (N-methyl/N-ethyl adjacent to an activating group) is 2. The Labute approximate surface area is 403 Å². The van der Waals surface area contributed by atoms with Crippen molar-refractivity contribution < 1.29 is 49.1 Å². The van der Waals surface area contributed by atoms with Gasteiger partial charge >= 0.3 is 23.9 Å². The zero-order chi connectivity index (χ0) is 49.9. The summed E-state index contributed by atoms with van der Waals surface area (Å²) in [5, 5.41) is 42.8. The van der Waals surface area contributed by atoms with Gasteiger partial charge in [-0.05, 0) is 113 Å². The predicted molar refractivity (Wildman–Crippen MR) is 269 cm³/mol. The molecule has 0 amide bonds. The van der Waals surface area contributed by atoms with Crippen molar-refractivity contribution in [2.24, 2.45) is 0 Å². The van der Waals surface area contributed by atoms with E-state index in [1.54, 1.807) is 48.5 Å². The maximum absolute atomic E-state index is 12.8. The fraction of sp³-hybridized carbons (Fsp3) is 0.298. The van der Waals surface area contributed by atoms with Crippen LogP contribution in [-0.2, 0) is 36.3 Å². The van der Waals surface area contributed by atoms with Crippen molar-refractivity contribution in [2.75, 3.05) is 41.4 Å². The second-order valence-corrected chi connectivity index (χ2v) is 17.6. The molecule has 0 saturated carbocycles. The topological polar surface area (TPSA) is 174 Å². The fourth-order valence-electron chi connectivity index (χ4n) is 9.91. The molecule has 12 nitrogen and oxygen atoms in total. The number of hydrogen-bond acceptors (Lipinski definition) is 10. The normalized spacial score (nSPS) is 19.5. The van der Waals surface area contributed by atoms with Crippen molar-refractivity contribution in [2.45, 2.75) is 68.9 Å². The zero-order valence-corrected chi connectivity index (χ0v) is 40.1. The first-order valence-corrected chi connectivity index (χ1v) is 23.2. The number of rotatable bonds is 12. The van der Waals surface area contributed by atoms with Crippen molar-refractivity contribution in [1.29, 1.82) is 0 Å².